The summed E-state index contributed by atoms with van der Waals surface area (Å²) in [5.41, 5.74) is 1.97. The number of aryl methyl sites for hydroxylation is 2. The first-order chi connectivity index (χ1) is 16.5. The molecule has 0 unspecified atom stereocenters. The molecular weight excluding hydrogens is 463 g/mol. The van der Waals surface area contributed by atoms with Crippen molar-refractivity contribution >= 4 is 20.9 Å². The summed E-state index contributed by atoms with van der Waals surface area (Å²) in [5.74, 6) is 0. The Morgan fingerprint density at radius 2 is 1.14 bits per heavy atom. The van der Waals surface area contributed by atoms with Crippen molar-refractivity contribution in [3.05, 3.63) is 41.5 Å². The van der Waals surface area contributed by atoms with Gasteiger partial charge in [-0.1, -0.05) is 128 Å². The summed E-state index contributed by atoms with van der Waals surface area (Å²) in [6.45, 7) is 4.47. The second-order valence-corrected chi connectivity index (χ2v) is 11.4. The molecule has 5 heteroatoms. The Bertz CT molecular complexity index is 940. The Kier molecular flexibility index (Phi) is 17.5. The van der Waals surface area contributed by atoms with E-state index >= 15 is 0 Å². The third-order valence-electron chi connectivity index (χ3n) is 6.97. The van der Waals surface area contributed by atoms with Gasteiger partial charge in [0.25, 0.3) is 0 Å². The smallest absolute Gasteiger partial charge is 0.744 e. The second-order valence-electron chi connectivity index (χ2n) is 10.0. The Morgan fingerprint density at radius 3 is 1.66 bits per heavy atom. The van der Waals surface area contributed by atoms with Gasteiger partial charge >= 0.3 is 29.6 Å². The molecule has 0 heterocycles. The number of rotatable bonds is 19. The maximum Gasteiger partial charge on any atom is 1.00 e. The Hall–Kier alpha value is -0.390. The van der Waals surface area contributed by atoms with Gasteiger partial charge in [-0.15, -0.1) is 0 Å². The molecule has 2 aromatic carbocycles. The van der Waals surface area contributed by atoms with Gasteiger partial charge in [-0.05, 0) is 48.3 Å². The summed E-state index contributed by atoms with van der Waals surface area (Å²) in [7, 11) is -4.52. The van der Waals surface area contributed by atoms with Gasteiger partial charge in [-0.2, -0.15) is 0 Å². The molecule has 2 aromatic rings. The normalized spacial score (nSPS) is 11.6. The number of benzene rings is 2. The van der Waals surface area contributed by atoms with Crippen molar-refractivity contribution in [2.45, 2.75) is 134 Å². The molecular formula is C30H47NaO3S. The summed E-state index contributed by atoms with van der Waals surface area (Å²) < 4.78 is 36.6. The molecule has 0 aliphatic heterocycles. The minimum atomic E-state index is -4.52. The predicted octanol–water partition coefficient (Wildman–Crippen LogP) is 6.11. The van der Waals surface area contributed by atoms with Crippen LogP contribution in [0.15, 0.2) is 35.2 Å². The molecule has 2 rings (SSSR count). The summed E-state index contributed by atoms with van der Waals surface area (Å²) >= 11 is 0. The largest absolute Gasteiger partial charge is 1.00 e. The minimum absolute atomic E-state index is 0. The van der Waals surface area contributed by atoms with Crippen molar-refractivity contribution in [1.82, 2.24) is 0 Å². The van der Waals surface area contributed by atoms with Gasteiger partial charge < -0.3 is 4.55 Å². The number of hydrogen-bond donors (Lipinski definition) is 0. The van der Waals surface area contributed by atoms with Crippen LogP contribution in [0.1, 0.15) is 128 Å². The molecule has 0 aliphatic carbocycles. The molecule has 0 saturated carbocycles. The molecule has 0 radical (unpaired) electrons. The SMILES string of the molecule is CCCCCCCCCCc1cc(S(=O)(=O)[O-])c2c(CCCCCCCCCC)cccc2c1.[Na+]. The predicted molar refractivity (Wildman–Crippen MR) is 145 cm³/mol. The van der Waals surface area contributed by atoms with Crippen molar-refractivity contribution in [2.24, 2.45) is 0 Å². The first-order valence-electron chi connectivity index (χ1n) is 14.0. The summed E-state index contributed by atoms with van der Waals surface area (Å²) in [6, 6.07) is 9.71. The van der Waals surface area contributed by atoms with Gasteiger partial charge in [-0.25, -0.2) is 8.42 Å². The van der Waals surface area contributed by atoms with E-state index in [4.69, 9.17) is 0 Å². The van der Waals surface area contributed by atoms with Gasteiger partial charge in [0.15, 0.2) is 0 Å². The number of fused-ring (bicyclic) bond motifs is 1. The fraction of sp³-hybridized carbons (Fsp3) is 0.667. The van der Waals surface area contributed by atoms with E-state index < -0.39 is 10.1 Å². The number of hydrogen-bond acceptors (Lipinski definition) is 3. The quantitative estimate of drug-likeness (QED) is 0.130. The van der Waals surface area contributed by atoms with Gasteiger partial charge in [-0.3, -0.25) is 0 Å². The van der Waals surface area contributed by atoms with E-state index in [1.165, 1.54) is 77.0 Å². The molecule has 0 fully saturated rings. The molecule has 0 N–H and O–H groups in total. The molecule has 0 amide bonds. The molecule has 0 aliphatic rings. The first kappa shape index (κ1) is 32.6. The van der Waals surface area contributed by atoms with Crippen LogP contribution in [0.4, 0.5) is 0 Å². The van der Waals surface area contributed by atoms with Crippen LogP contribution in [0.3, 0.4) is 0 Å². The van der Waals surface area contributed by atoms with E-state index in [0.717, 1.165) is 55.0 Å². The van der Waals surface area contributed by atoms with Crippen molar-refractivity contribution in [2.75, 3.05) is 0 Å². The van der Waals surface area contributed by atoms with Crippen LogP contribution in [-0.4, -0.2) is 13.0 Å². The van der Waals surface area contributed by atoms with Gasteiger partial charge in [0.2, 0.25) is 0 Å². The van der Waals surface area contributed by atoms with E-state index in [2.05, 4.69) is 19.9 Å². The molecule has 0 bridgehead atoms. The molecule has 0 saturated heterocycles. The zero-order chi connectivity index (χ0) is 24.7. The molecule has 0 aromatic heterocycles. The van der Waals surface area contributed by atoms with Gasteiger partial charge in [0.05, 0.1) is 4.90 Å². The van der Waals surface area contributed by atoms with Crippen LogP contribution >= 0.6 is 0 Å². The Morgan fingerprint density at radius 1 is 0.657 bits per heavy atom. The Labute approximate surface area is 237 Å². The van der Waals surface area contributed by atoms with Crippen molar-refractivity contribution in [3.8, 4) is 0 Å². The van der Waals surface area contributed by atoms with Crippen molar-refractivity contribution in [3.63, 3.8) is 0 Å². The maximum atomic E-state index is 12.2. The van der Waals surface area contributed by atoms with Crippen molar-refractivity contribution < 1.29 is 42.5 Å². The van der Waals surface area contributed by atoms with Crippen LogP contribution in [0.25, 0.3) is 10.8 Å². The summed E-state index contributed by atoms with van der Waals surface area (Å²) in [4.78, 5) is -0.0188. The van der Waals surface area contributed by atoms with E-state index in [9.17, 15) is 13.0 Å². The van der Waals surface area contributed by atoms with E-state index in [1.54, 1.807) is 6.07 Å². The fourth-order valence-corrected chi connectivity index (χ4v) is 5.78. The Balaban J connectivity index is 0.00000612. The second kappa shape index (κ2) is 18.8. The summed E-state index contributed by atoms with van der Waals surface area (Å²) in [5, 5.41) is 1.55. The average Bonchev–Trinajstić information content (AvgIpc) is 2.81. The van der Waals surface area contributed by atoms with Crippen LogP contribution in [0.5, 0.6) is 0 Å². The molecule has 0 atom stereocenters. The first-order valence-corrected chi connectivity index (χ1v) is 15.4. The van der Waals surface area contributed by atoms with Crippen LogP contribution < -0.4 is 29.6 Å². The van der Waals surface area contributed by atoms with E-state index in [-0.39, 0.29) is 34.5 Å². The fourth-order valence-electron chi connectivity index (χ4n) is 4.98. The monoisotopic (exact) mass is 510 g/mol. The van der Waals surface area contributed by atoms with Gasteiger partial charge in [0.1, 0.15) is 10.1 Å². The minimum Gasteiger partial charge on any atom is -0.744 e. The van der Waals surface area contributed by atoms with Gasteiger partial charge in [0, 0.05) is 5.39 Å². The summed E-state index contributed by atoms with van der Waals surface area (Å²) in [6.07, 6.45) is 21.5. The zero-order valence-electron chi connectivity index (χ0n) is 22.7. The van der Waals surface area contributed by atoms with Crippen LogP contribution in [0, 0.1) is 0 Å². The third kappa shape index (κ3) is 12.6. The third-order valence-corrected chi connectivity index (χ3v) is 7.84. The number of unbranched alkanes of at least 4 members (excludes halogenated alkanes) is 14. The topological polar surface area (TPSA) is 57.2 Å². The molecule has 0 spiro atoms. The average molecular weight is 511 g/mol. The maximum absolute atomic E-state index is 12.2. The van der Waals surface area contributed by atoms with E-state index in [0.29, 0.717) is 5.39 Å². The van der Waals surface area contributed by atoms with Crippen LogP contribution in [0.2, 0.25) is 0 Å². The molecule has 3 nitrogen and oxygen atoms in total. The van der Waals surface area contributed by atoms with Crippen molar-refractivity contribution in [1.29, 1.82) is 0 Å². The van der Waals surface area contributed by atoms with Crippen LogP contribution in [-0.2, 0) is 23.0 Å². The standard InChI is InChI=1S/C30H48O3S.Na/c1-3-5-7-9-11-13-15-17-20-26-24-28-23-19-22-27(30(28)29(25-26)34(31,32)33)21-18-16-14-12-10-8-6-4-2;/h19,22-25H,3-18,20-21H2,1-2H3,(H,31,32,33);/q;+1/p-1. The molecule has 35 heavy (non-hydrogen) atoms. The zero-order valence-corrected chi connectivity index (χ0v) is 25.6. The molecule has 192 valence electrons. The van der Waals surface area contributed by atoms with E-state index in [1.807, 2.05) is 18.2 Å².